The van der Waals surface area contributed by atoms with Crippen molar-refractivity contribution in [3.63, 3.8) is 0 Å². The molecule has 2 amide bonds. The number of carbonyl (C=O) groups is 2. The van der Waals surface area contributed by atoms with Crippen molar-refractivity contribution >= 4 is 23.4 Å². The van der Waals surface area contributed by atoms with Gasteiger partial charge in [0, 0.05) is 23.7 Å². The van der Waals surface area contributed by atoms with Crippen LogP contribution in [0.5, 0.6) is 0 Å². The molecule has 0 aliphatic carbocycles. The number of halogens is 1. The summed E-state index contributed by atoms with van der Waals surface area (Å²) in [5, 5.41) is 0.662. The normalized spacial score (nSPS) is 14.9. The number of carbonyl (C=O) groups excluding carboxylic acids is 2. The van der Waals surface area contributed by atoms with Crippen LogP contribution in [-0.4, -0.2) is 23.3 Å². The minimum atomic E-state index is -0.243. The third-order valence-corrected chi connectivity index (χ3v) is 2.65. The van der Waals surface area contributed by atoms with Crippen LogP contribution in [0.25, 0.3) is 0 Å². The predicted octanol–water partition coefficient (Wildman–Crippen LogP) is 1.81. The standard InChI is InChI=1S/C12H10ClNO2/c13-10-3-1-2-9(8-10)6-7-14-11(15)4-5-12(14)16/h1-5,8H,6-7H2. The number of imide groups is 1. The van der Waals surface area contributed by atoms with Gasteiger partial charge in [-0.25, -0.2) is 0 Å². The highest BCUT2D eigenvalue weighted by Gasteiger charge is 2.22. The fraction of sp³-hybridized carbons (Fsp3) is 0.167. The Morgan fingerprint density at radius 2 is 1.81 bits per heavy atom. The van der Waals surface area contributed by atoms with Crippen LogP contribution in [0, 0.1) is 0 Å². The van der Waals surface area contributed by atoms with E-state index in [1.807, 2.05) is 18.2 Å². The van der Waals surface area contributed by atoms with Gasteiger partial charge in [-0.15, -0.1) is 0 Å². The molecule has 1 aromatic carbocycles. The zero-order chi connectivity index (χ0) is 11.5. The van der Waals surface area contributed by atoms with Gasteiger partial charge in [-0.3, -0.25) is 14.5 Å². The molecule has 2 rings (SSSR count). The van der Waals surface area contributed by atoms with Crippen LogP contribution < -0.4 is 0 Å². The van der Waals surface area contributed by atoms with E-state index in [0.717, 1.165) is 5.56 Å². The van der Waals surface area contributed by atoms with Crippen LogP contribution in [0.2, 0.25) is 5.02 Å². The van der Waals surface area contributed by atoms with E-state index in [1.54, 1.807) is 6.07 Å². The lowest BCUT2D eigenvalue weighted by molar-refractivity contribution is -0.136. The van der Waals surface area contributed by atoms with Crippen molar-refractivity contribution in [2.24, 2.45) is 0 Å². The maximum atomic E-state index is 11.3. The number of hydrogen-bond acceptors (Lipinski definition) is 2. The third kappa shape index (κ3) is 2.31. The second-order valence-corrected chi connectivity index (χ2v) is 3.98. The fourth-order valence-electron chi connectivity index (χ4n) is 1.58. The Hall–Kier alpha value is -1.61. The summed E-state index contributed by atoms with van der Waals surface area (Å²) in [5.74, 6) is -0.487. The molecule has 0 saturated carbocycles. The highest BCUT2D eigenvalue weighted by molar-refractivity contribution is 6.30. The average molecular weight is 236 g/mol. The van der Waals surface area contributed by atoms with Crippen molar-refractivity contribution < 1.29 is 9.59 Å². The van der Waals surface area contributed by atoms with Gasteiger partial charge in [-0.2, -0.15) is 0 Å². The first-order valence-electron chi connectivity index (χ1n) is 4.95. The van der Waals surface area contributed by atoms with Crippen LogP contribution in [0.1, 0.15) is 5.56 Å². The minimum absolute atomic E-state index is 0.243. The molecule has 1 aliphatic rings. The summed E-state index contributed by atoms with van der Waals surface area (Å²) >= 11 is 5.84. The summed E-state index contributed by atoms with van der Waals surface area (Å²) in [4.78, 5) is 23.8. The van der Waals surface area contributed by atoms with Crippen LogP contribution in [0.15, 0.2) is 36.4 Å². The topological polar surface area (TPSA) is 37.4 Å². The second kappa shape index (κ2) is 4.49. The molecule has 0 spiro atoms. The molecule has 1 heterocycles. The molecule has 16 heavy (non-hydrogen) atoms. The smallest absolute Gasteiger partial charge is 0.253 e. The first-order chi connectivity index (χ1) is 7.66. The van der Waals surface area contributed by atoms with Crippen LogP contribution in [-0.2, 0) is 16.0 Å². The van der Waals surface area contributed by atoms with E-state index in [-0.39, 0.29) is 11.8 Å². The summed E-state index contributed by atoms with van der Waals surface area (Å²) < 4.78 is 0. The van der Waals surface area contributed by atoms with E-state index in [0.29, 0.717) is 18.0 Å². The molecular weight excluding hydrogens is 226 g/mol. The SMILES string of the molecule is O=C1C=CC(=O)N1CCc1cccc(Cl)c1. The monoisotopic (exact) mass is 235 g/mol. The van der Waals surface area contributed by atoms with Crippen LogP contribution in [0.3, 0.4) is 0 Å². The van der Waals surface area contributed by atoms with Gasteiger partial charge >= 0.3 is 0 Å². The van der Waals surface area contributed by atoms with Gasteiger partial charge in [0.1, 0.15) is 0 Å². The van der Waals surface area contributed by atoms with Gasteiger partial charge in [0.25, 0.3) is 11.8 Å². The van der Waals surface area contributed by atoms with E-state index in [1.165, 1.54) is 17.1 Å². The molecule has 0 aromatic heterocycles. The molecule has 0 radical (unpaired) electrons. The largest absolute Gasteiger partial charge is 0.275 e. The van der Waals surface area contributed by atoms with Gasteiger partial charge in [0.05, 0.1) is 0 Å². The maximum absolute atomic E-state index is 11.3. The van der Waals surface area contributed by atoms with Crippen molar-refractivity contribution in [1.82, 2.24) is 4.90 Å². The molecule has 82 valence electrons. The second-order valence-electron chi connectivity index (χ2n) is 3.54. The van der Waals surface area contributed by atoms with Crippen LogP contribution in [0.4, 0.5) is 0 Å². The van der Waals surface area contributed by atoms with E-state index in [4.69, 9.17) is 11.6 Å². The summed E-state index contributed by atoms with van der Waals surface area (Å²) in [5.41, 5.74) is 1.01. The first kappa shape index (κ1) is 10.9. The number of nitrogens with zero attached hydrogens (tertiary/aromatic N) is 1. The lowest BCUT2D eigenvalue weighted by Gasteiger charge is -2.13. The Bertz CT molecular complexity index is 450. The van der Waals surface area contributed by atoms with Gasteiger partial charge in [0.2, 0.25) is 0 Å². The zero-order valence-electron chi connectivity index (χ0n) is 8.52. The maximum Gasteiger partial charge on any atom is 0.253 e. The first-order valence-corrected chi connectivity index (χ1v) is 5.32. The molecule has 0 unspecified atom stereocenters. The molecular formula is C12H10ClNO2. The summed E-state index contributed by atoms with van der Waals surface area (Å²) in [6, 6.07) is 7.40. The molecule has 3 nitrogen and oxygen atoms in total. The summed E-state index contributed by atoms with van der Waals surface area (Å²) in [6.45, 7) is 0.394. The van der Waals surface area contributed by atoms with Crippen molar-refractivity contribution in [3.8, 4) is 0 Å². The molecule has 0 N–H and O–H groups in total. The van der Waals surface area contributed by atoms with E-state index >= 15 is 0 Å². The Kier molecular flexibility index (Phi) is 3.06. The Balaban J connectivity index is 1.98. The number of rotatable bonds is 3. The van der Waals surface area contributed by atoms with Crippen LogP contribution >= 0.6 is 11.6 Å². The molecule has 4 heteroatoms. The Morgan fingerprint density at radius 1 is 1.12 bits per heavy atom. The van der Waals surface area contributed by atoms with Gasteiger partial charge < -0.3 is 0 Å². The number of benzene rings is 1. The lowest BCUT2D eigenvalue weighted by atomic mass is 10.1. The third-order valence-electron chi connectivity index (χ3n) is 2.41. The Labute approximate surface area is 98.3 Å². The van der Waals surface area contributed by atoms with Gasteiger partial charge in [-0.1, -0.05) is 23.7 Å². The molecule has 0 bridgehead atoms. The quantitative estimate of drug-likeness (QED) is 0.750. The van der Waals surface area contributed by atoms with Gasteiger partial charge in [0.15, 0.2) is 0 Å². The number of amides is 2. The van der Waals surface area contributed by atoms with E-state index in [2.05, 4.69) is 0 Å². The van der Waals surface area contributed by atoms with Gasteiger partial charge in [-0.05, 0) is 24.1 Å². The number of hydrogen-bond donors (Lipinski definition) is 0. The highest BCUT2D eigenvalue weighted by atomic mass is 35.5. The minimum Gasteiger partial charge on any atom is -0.275 e. The molecule has 0 fully saturated rings. The molecule has 1 aliphatic heterocycles. The summed E-state index contributed by atoms with van der Waals surface area (Å²) in [7, 11) is 0. The average Bonchev–Trinajstić information content (AvgIpc) is 2.56. The zero-order valence-corrected chi connectivity index (χ0v) is 9.28. The van der Waals surface area contributed by atoms with E-state index < -0.39 is 0 Å². The van der Waals surface area contributed by atoms with Crippen molar-refractivity contribution in [2.75, 3.05) is 6.54 Å². The van der Waals surface area contributed by atoms with Crippen molar-refractivity contribution in [3.05, 3.63) is 47.0 Å². The van der Waals surface area contributed by atoms with Crippen molar-refractivity contribution in [1.29, 1.82) is 0 Å². The Morgan fingerprint density at radius 3 is 2.44 bits per heavy atom. The van der Waals surface area contributed by atoms with Crippen molar-refractivity contribution in [2.45, 2.75) is 6.42 Å². The predicted molar refractivity (Wildman–Crippen MR) is 61.0 cm³/mol. The summed E-state index contributed by atoms with van der Waals surface area (Å²) in [6.07, 6.45) is 3.21. The fourth-order valence-corrected chi connectivity index (χ4v) is 1.80. The molecule has 0 atom stereocenters. The van der Waals surface area contributed by atoms with E-state index in [9.17, 15) is 9.59 Å². The highest BCUT2D eigenvalue weighted by Crippen LogP contribution is 2.12. The molecule has 0 saturated heterocycles. The lowest BCUT2D eigenvalue weighted by Crippen LogP contribution is -2.31. The molecule has 1 aromatic rings.